The molecule has 7 heterocycles. The Morgan fingerprint density at radius 3 is 1.57 bits per heavy atom. The molecule has 7 nitrogen and oxygen atoms in total. The first-order valence-electron chi connectivity index (χ1n) is 15.9. The van der Waals surface area contributed by atoms with Crippen molar-refractivity contribution in [2.24, 2.45) is 0 Å². The second-order valence-corrected chi connectivity index (χ2v) is 11.6. The molecular formula is C42H26N6O. The lowest BCUT2D eigenvalue weighted by Gasteiger charge is -2.11. The van der Waals surface area contributed by atoms with Gasteiger partial charge in [-0.25, -0.2) is 9.97 Å². The van der Waals surface area contributed by atoms with Crippen molar-refractivity contribution in [3.8, 4) is 67.9 Å². The highest BCUT2D eigenvalue weighted by Gasteiger charge is 2.26. The third-order valence-corrected chi connectivity index (χ3v) is 8.50. The fourth-order valence-corrected chi connectivity index (χ4v) is 6.24. The number of benzene rings is 2. The van der Waals surface area contributed by atoms with E-state index in [0.717, 1.165) is 84.0 Å². The van der Waals surface area contributed by atoms with E-state index >= 15 is 0 Å². The van der Waals surface area contributed by atoms with Gasteiger partial charge in [-0.15, -0.1) is 0 Å². The molecule has 0 aliphatic carbocycles. The number of fused-ring (bicyclic) bond motifs is 3. The van der Waals surface area contributed by atoms with Crippen LogP contribution in [0, 0.1) is 0 Å². The summed E-state index contributed by atoms with van der Waals surface area (Å²) >= 11 is 0. The summed E-state index contributed by atoms with van der Waals surface area (Å²) in [6.07, 6.45) is 7.14. The van der Waals surface area contributed by atoms with Crippen molar-refractivity contribution in [3.05, 3.63) is 158 Å². The smallest absolute Gasteiger partial charge is 0.163 e. The Morgan fingerprint density at radius 2 is 0.980 bits per heavy atom. The lowest BCUT2D eigenvalue weighted by atomic mass is 9.96. The van der Waals surface area contributed by atoms with E-state index in [4.69, 9.17) is 24.4 Å². The molecule has 0 bridgehead atoms. The Hall–Kier alpha value is -6.86. The number of furan rings is 1. The van der Waals surface area contributed by atoms with Crippen LogP contribution in [0.5, 0.6) is 0 Å². The number of rotatable bonds is 6. The van der Waals surface area contributed by atoms with Crippen molar-refractivity contribution in [1.29, 1.82) is 0 Å². The zero-order valence-corrected chi connectivity index (χ0v) is 26.1. The quantitative estimate of drug-likeness (QED) is 0.181. The van der Waals surface area contributed by atoms with Crippen LogP contribution in [-0.2, 0) is 0 Å². The zero-order chi connectivity index (χ0) is 32.6. The van der Waals surface area contributed by atoms with Gasteiger partial charge in [0.2, 0.25) is 0 Å². The first-order valence-corrected chi connectivity index (χ1v) is 15.9. The molecule has 9 rings (SSSR count). The van der Waals surface area contributed by atoms with Crippen LogP contribution in [0.2, 0.25) is 0 Å². The minimum atomic E-state index is 0.643. The molecule has 0 N–H and O–H groups in total. The zero-order valence-electron chi connectivity index (χ0n) is 26.1. The van der Waals surface area contributed by atoms with Gasteiger partial charge < -0.3 is 4.42 Å². The Bertz CT molecular complexity index is 2520. The van der Waals surface area contributed by atoms with Crippen molar-refractivity contribution >= 4 is 21.9 Å². The van der Waals surface area contributed by atoms with E-state index in [1.54, 1.807) is 24.8 Å². The lowest BCUT2D eigenvalue weighted by Crippen LogP contribution is -1.94. The van der Waals surface area contributed by atoms with Crippen molar-refractivity contribution < 1.29 is 4.42 Å². The van der Waals surface area contributed by atoms with Crippen LogP contribution in [0.15, 0.2) is 163 Å². The molecule has 0 radical (unpaired) electrons. The molecule has 0 aliphatic rings. The molecule has 0 amide bonds. The van der Waals surface area contributed by atoms with Crippen LogP contribution < -0.4 is 0 Å². The monoisotopic (exact) mass is 630 g/mol. The minimum Gasteiger partial charge on any atom is -0.453 e. The highest BCUT2D eigenvalue weighted by molar-refractivity contribution is 6.16. The lowest BCUT2D eigenvalue weighted by molar-refractivity contribution is 0.632. The number of aromatic nitrogens is 6. The molecule has 0 aliphatic heterocycles. The second-order valence-electron chi connectivity index (χ2n) is 11.6. The van der Waals surface area contributed by atoms with Crippen LogP contribution in [0.3, 0.4) is 0 Å². The van der Waals surface area contributed by atoms with Crippen molar-refractivity contribution in [2.45, 2.75) is 0 Å². The summed E-state index contributed by atoms with van der Waals surface area (Å²) in [6, 6.07) is 44.1. The first kappa shape index (κ1) is 28.4. The summed E-state index contributed by atoms with van der Waals surface area (Å²) in [6.45, 7) is 0. The highest BCUT2D eigenvalue weighted by Crippen LogP contribution is 2.46. The van der Waals surface area contributed by atoms with E-state index in [0.29, 0.717) is 5.76 Å². The molecule has 0 spiro atoms. The van der Waals surface area contributed by atoms with Gasteiger partial charge in [0.05, 0.1) is 50.6 Å². The highest BCUT2D eigenvalue weighted by atomic mass is 16.3. The number of hydrogen-bond acceptors (Lipinski definition) is 7. The summed E-state index contributed by atoms with van der Waals surface area (Å²) in [7, 11) is 0. The van der Waals surface area contributed by atoms with Crippen LogP contribution >= 0.6 is 0 Å². The molecule has 230 valence electrons. The second kappa shape index (κ2) is 12.1. The predicted octanol–water partition coefficient (Wildman–Crippen LogP) is 9.96. The molecular weight excluding hydrogens is 605 g/mol. The fourth-order valence-electron chi connectivity index (χ4n) is 6.24. The van der Waals surface area contributed by atoms with E-state index in [1.807, 2.05) is 91.0 Å². The Kier molecular flexibility index (Phi) is 6.98. The average Bonchev–Trinajstić information content (AvgIpc) is 3.60. The van der Waals surface area contributed by atoms with Gasteiger partial charge >= 0.3 is 0 Å². The Labute approximate surface area is 281 Å². The van der Waals surface area contributed by atoms with E-state index in [-0.39, 0.29) is 0 Å². The largest absolute Gasteiger partial charge is 0.453 e. The number of nitrogens with zero attached hydrogens (tertiary/aromatic N) is 6. The van der Waals surface area contributed by atoms with E-state index in [1.165, 1.54) is 0 Å². The topological polar surface area (TPSA) is 90.5 Å². The van der Waals surface area contributed by atoms with Gasteiger partial charge in [-0.3, -0.25) is 19.9 Å². The molecule has 0 fully saturated rings. The predicted molar refractivity (Wildman–Crippen MR) is 193 cm³/mol. The molecule has 7 heteroatoms. The summed E-state index contributed by atoms with van der Waals surface area (Å²) in [5.41, 5.74) is 10.7. The molecule has 0 atom stereocenters. The Morgan fingerprint density at radius 1 is 0.408 bits per heavy atom. The molecule has 49 heavy (non-hydrogen) atoms. The average molecular weight is 631 g/mol. The summed E-state index contributed by atoms with van der Waals surface area (Å²) < 4.78 is 6.92. The third kappa shape index (κ3) is 5.20. The minimum absolute atomic E-state index is 0.643. The fraction of sp³-hybridized carbons (Fsp3) is 0. The molecule has 9 aromatic rings. The van der Waals surface area contributed by atoms with E-state index in [2.05, 4.69) is 52.4 Å². The van der Waals surface area contributed by atoms with Gasteiger partial charge in [-0.05, 0) is 83.9 Å². The van der Waals surface area contributed by atoms with Gasteiger partial charge in [0.25, 0.3) is 0 Å². The van der Waals surface area contributed by atoms with E-state index in [9.17, 15) is 0 Å². The molecule has 0 saturated carbocycles. The van der Waals surface area contributed by atoms with Crippen molar-refractivity contribution in [1.82, 2.24) is 29.9 Å². The SMILES string of the molecule is c1ccc(-c2nc3ccc(-c4cc(-c5ccccn5)nc(-c5ccccn5)c4)cc3c3oc(-c4ccccn4)c(-c4ccccn4)c23)cc1. The molecule has 2 aromatic carbocycles. The van der Waals surface area contributed by atoms with Crippen LogP contribution in [0.1, 0.15) is 0 Å². The molecule has 0 saturated heterocycles. The summed E-state index contributed by atoms with van der Waals surface area (Å²) in [5, 5.41) is 1.76. The van der Waals surface area contributed by atoms with Gasteiger partial charge in [0.15, 0.2) is 5.76 Å². The molecule has 0 unspecified atom stereocenters. The summed E-state index contributed by atoms with van der Waals surface area (Å²) in [4.78, 5) is 28.9. The van der Waals surface area contributed by atoms with Crippen molar-refractivity contribution in [3.63, 3.8) is 0 Å². The van der Waals surface area contributed by atoms with Gasteiger partial charge in [-0.2, -0.15) is 0 Å². The normalized spacial score (nSPS) is 11.3. The Balaban J connectivity index is 1.34. The van der Waals surface area contributed by atoms with Crippen LogP contribution in [0.4, 0.5) is 0 Å². The van der Waals surface area contributed by atoms with Crippen LogP contribution in [0.25, 0.3) is 89.7 Å². The number of pyridine rings is 6. The van der Waals surface area contributed by atoms with Crippen molar-refractivity contribution in [2.75, 3.05) is 0 Å². The molecule has 7 aromatic heterocycles. The maximum atomic E-state index is 6.92. The standard InChI is InChI=1S/C42H26N6O/c1-2-12-27(13-3-1)40-39-38(34-16-6-10-22-45-34)42(35-17-7-11-23-46-35)49-41(39)30-24-28(18-19-31(30)48-40)29-25-36(32-14-4-8-20-43-32)47-37(26-29)33-15-5-9-21-44-33/h1-26H. The van der Waals surface area contributed by atoms with Gasteiger partial charge in [-0.1, -0.05) is 60.7 Å². The maximum Gasteiger partial charge on any atom is 0.163 e. The first-order chi connectivity index (χ1) is 24.3. The maximum absolute atomic E-state index is 6.92. The van der Waals surface area contributed by atoms with Gasteiger partial charge in [0.1, 0.15) is 11.3 Å². The van der Waals surface area contributed by atoms with E-state index < -0.39 is 0 Å². The van der Waals surface area contributed by atoms with Crippen LogP contribution in [-0.4, -0.2) is 29.9 Å². The number of hydrogen-bond donors (Lipinski definition) is 0. The summed E-state index contributed by atoms with van der Waals surface area (Å²) in [5.74, 6) is 0.643. The van der Waals surface area contributed by atoms with Gasteiger partial charge in [0, 0.05) is 35.7 Å². The third-order valence-electron chi connectivity index (χ3n) is 8.50.